The molecule has 4 N–H and O–H groups in total. The van der Waals surface area contributed by atoms with Gasteiger partial charge in [0.15, 0.2) is 11.5 Å². The second kappa shape index (κ2) is 11.2. The molecule has 0 spiro atoms. The number of nitrogens with two attached hydrogens (primary N) is 2. The van der Waals surface area contributed by atoms with Gasteiger partial charge in [-0.1, -0.05) is 24.3 Å². The van der Waals surface area contributed by atoms with Gasteiger partial charge in [0.2, 0.25) is 5.95 Å². The quantitative estimate of drug-likeness (QED) is 0.261. The van der Waals surface area contributed by atoms with Gasteiger partial charge in [0, 0.05) is 42.6 Å². The van der Waals surface area contributed by atoms with Crippen LogP contribution in [-0.2, 0) is 17.6 Å². The Morgan fingerprint density at radius 1 is 1.13 bits per heavy atom. The minimum Gasteiger partial charge on any atom is -0.493 e. The number of ether oxygens (including phenoxy) is 2. The number of aldehydes is 1. The fraction of sp³-hybridized carbons (Fsp3) is 0.207. The van der Waals surface area contributed by atoms with E-state index in [1.807, 2.05) is 30.3 Å². The summed E-state index contributed by atoms with van der Waals surface area (Å²) in [6.07, 6.45) is 8.45. The molecule has 0 amide bonds. The Labute approximate surface area is 226 Å². The van der Waals surface area contributed by atoms with Crippen LogP contribution in [0.15, 0.2) is 67.3 Å². The van der Waals surface area contributed by atoms with E-state index in [1.165, 1.54) is 11.9 Å². The van der Waals surface area contributed by atoms with Crippen LogP contribution in [0.1, 0.15) is 39.6 Å². The molecule has 3 heterocycles. The van der Waals surface area contributed by atoms with Crippen LogP contribution in [0.2, 0.25) is 0 Å². The van der Waals surface area contributed by atoms with Gasteiger partial charge < -0.3 is 25.8 Å². The maximum absolute atomic E-state index is 12.1. The summed E-state index contributed by atoms with van der Waals surface area (Å²) in [7, 11) is 3.16. The molecule has 1 aliphatic heterocycles. The number of methoxy groups -OCH3 is 2. The van der Waals surface area contributed by atoms with E-state index in [9.17, 15) is 4.79 Å². The predicted octanol–water partition coefficient (Wildman–Crippen LogP) is 3.23. The molecule has 2 aromatic heterocycles. The Balaban J connectivity index is 1.66. The summed E-state index contributed by atoms with van der Waals surface area (Å²) >= 11 is 0. The van der Waals surface area contributed by atoms with Crippen molar-refractivity contribution in [2.45, 2.75) is 18.9 Å². The SMILES string of the molecule is COc1cc(Cc2cnc(N)nc2N)cc(C(=CC=O)N2CCc3ccccc3C2c2ccncn2)c1OC. The molecule has 10 heteroatoms. The monoisotopic (exact) mass is 523 g/mol. The van der Waals surface area contributed by atoms with Crippen LogP contribution in [0.4, 0.5) is 11.8 Å². The number of fused-ring (bicyclic) bond motifs is 1. The summed E-state index contributed by atoms with van der Waals surface area (Å²) in [5.41, 5.74) is 18.0. The van der Waals surface area contributed by atoms with Crippen molar-refractivity contribution in [3.63, 3.8) is 0 Å². The number of rotatable bonds is 8. The van der Waals surface area contributed by atoms with Crippen LogP contribution in [0.3, 0.4) is 0 Å². The van der Waals surface area contributed by atoms with Gasteiger partial charge in [-0.2, -0.15) is 4.98 Å². The Morgan fingerprint density at radius 2 is 1.97 bits per heavy atom. The number of carbonyl (C=O) groups excluding carboxylic acids is 1. The molecule has 0 saturated carbocycles. The summed E-state index contributed by atoms with van der Waals surface area (Å²) in [6, 6.07) is 13.8. The first-order chi connectivity index (χ1) is 19.0. The summed E-state index contributed by atoms with van der Waals surface area (Å²) in [6.45, 7) is 0.653. The van der Waals surface area contributed by atoms with Crippen LogP contribution < -0.4 is 20.9 Å². The van der Waals surface area contributed by atoms with Crippen LogP contribution >= 0.6 is 0 Å². The molecule has 4 aromatic rings. The van der Waals surface area contributed by atoms with Crippen LogP contribution in [0, 0.1) is 0 Å². The van der Waals surface area contributed by atoms with E-state index in [0.717, 1.165) is 29.5 Å². The van der Waals surface area contributed by atoms with Gasteiger partial charge in [0.1, 0.15) is 18.4 Å². The number of hydrogen-bond acceptors (Lipinski definition) is 10. The van der Waals surface area contributed by atoms with Crippen molar-refractivity contribution >= 4 is 23.7 Å². The first-order valence-electron chi connectivity index (χ1n) is 12.4. The van der Waals surface area contributed by atoms with Crippen molar-refractivity contribution in [2.75, 3.05) is 32.2 Å². The summed E-state index contributed by atoms with van der Waals surface area (Å²) < 4.78 is 11.6. The molecule has 39 heavy (non-hydrogen) atoms. The highest BCUT2D eigenvalue weighted by atomic mass is 16.5. The van der Waals surface area contributed by atoms with E-state index >= 15 is 0 Å². The molecule has 1 unspecified atom stereocenters. The molecule has 0 bridgehead atoms. The van der Waals surface area contributed by atoms with Gasteiger partial charge in [-0.05, 0) is 41.3 Å². The van der Waals surface area contributed by atoms with Gasteiger partial charge in [-0.15, -0.1) is 0 Å². The van der Waals surface area contributed by atoms with Crippen molar-refractivity contribution in [1.29, 1.82) is 0 Å². The van der Waals surface area contributed by atoms with Gasteiger partial charge in [-0.25, -0.2) is 15.0 Å². The molecule has 2 aromatic carbocycles. The maximum Gasteiger partial charge on any atom is 0.221 e. The Kier molecular flexibility index (Phi) is 7.35. The Bertz CT molecular complexity index is 1530. The molecule has 5 rings (SSSR count). The smallest absolute Gasteiger partial charge is 0.221 e. The molecule has 0 aliphatic carbocycles. The number of aromatic nitrogens is 4. The van der Waals surface area contributed by atoms with E-state index in [0.29, 0.717) is 47.1 Å². The standard InChI is InChI=1S/C29H29N7O3/c1-38-25-15-18(13-20-16-33-29(31)35-28(20)30)14-22(27(25)39-2)24(9-12-37)36-11-8-19-5-3-4-6-21(19)26(36)23-7-10-32-17-34-23/h3-7,9-10,12,14-17,26H,8,11,13H2,1-2H3,(H4,30,31,33,35). The van der Waals surface area contributed by atoms with E-state index in [1.54, 1.807) is 32.7 Å². The van der Waals surface area contributed by atoms with Gasteiger partial charge >= 0.3 is 0 Å². The van der Waals surface area contributed by atoms with Crippen LogP contribution in [0.5, 0.6) is 11.5 Å². The van der Waals surface area contributed by atoms with Crippen molar-refractivity contribution in [3.8, 4) is 11.5 Å². The van der Waals surface area contributed by atoms with E-state index in [2.05, 4.69) is 37.0 Å². The molecular formula is C29H29N7O3. The van der Waals surface area contributed by atoms with E-state index in [4.69, 9.17) is 20.9 Å². The summed E-state index contributed by atoms with van der Waals surface area (Å²) in [5.74, 6) is 1.45. The average molecular weight is 524 g/mol. The average Bonchev–Trinajstić information content (AvgIpc) is 2.96. The fourth-order valence-corrected chi connectivity index (χ4v) is 5.12. The lowest BCUT2D eigenvalue weighted by Crippen LogP contribution is -2.35. The number of nitrogen functional groups attached to an aromatic ring is 2. The zero-order chi connectivity index (χ0) is 27.4. The lowest BCUT2D eigenvalue weighted by atomic mass is 9.89. The lowest BCUT2D eigenvalue weighted by Gasteiger charge is -2.40. The highest BCUT2D eigenvalue weighted by Gasteiger charge is 2.33. The second-order valence-corrected chi connectivity index (χ2v) is 9.06. The number of allylic oxidation sites excluding steroid dienone is 1. The zero-order valence-corrected chi connectivity index (χ0v) is 21.7. The lowest BCUT2D eigenvalue weighted by molar-refractivity contribution is -0.104. The predicted molar refractivity (Wildman–Crippen MR) is 148 cm³/mol. The van der Waals surface area contributed by atoms with Gasteiger partial charge in [-0.3, -0.25) is 4.79 Å². The second-order valence-electron chi connectivity index (χ2n) is 9.06. The third-order valence-electron chi connectivity index (χ3n) is 6.83. The normalized spacial score (nSPS) is 15.0. The Hall–Kier alpha value is -4.99. The number of hydrogen-bond donors (Lipinski definition) is 2. The van der Waals surface area contributed by atoms with Crippen molar-refractivity contribution < 1.29 is 14.3 Å². The maximum atomic E-state index is 12.1. The van der Waals surface area contributed by atoms with Crippen LogP contribution in [-0.4, -0.2) is 51.9 Å². The minimum atomic E-state index is -0.246. The number of nitrogens with zero attached hydrogens (tertiary/aromatic N) is 5. The van der Waals surface area contributed by atoms with E-state index in [-0.39, 0.29) is 12.0 Å². The molecule has 0 radical (unpaired) electrons. The molecule has 10 nitrogen and oxygen atoms in total. The van der Waals surface area contributed by atoms with Gasteiger partial charge in [0.05, 0.1) is 31.7 Å². The topological polar surface area (TPSA) is 142 Å². The van der Waals surface area contributed by atoms with Crippen molar-refractivity contribution in [2.24, 2.45) is 0 Å². The van der Waals surface area contributed by atoms with Crippen molar-refractivity contribution in [3.05, 3.63) is 101 Å². The largest absolute Gasteiger partial charge is 0.493 e. The molecule has 0 saturated heterocycles. The van der Waals surface area contributed by atoms with Crippen molar-refractivity contribution in [1.82, 2.24) is 24.8 Å². The molecule has 0 fully saturated rings. The number of carbonyl (C=O) groups is 1. The molecular weight excluding hydrogens is 494 g/mol. The van der Waals surface area contributed by atoms with Gasteiger partial charge in [0.25, 0.3) is 0 Å². The highest BCUT2D eigenvalue weighted by Crippen LogP contribution is 2.44. The molecule has 1 aliphatic rings. The Morgan fingerprint density at radius 3 is 2.69 bits per heavy atom. The first kappa shape index (κ1) is 25.7. The number of benzene rings is 2. The first-order valence-corrected chi connectivity index (χ1v) is 12.4. The summed E-state index contributed by atoms with van der Waals surface area (Å²) in [5, 5.41) is 0. The highest BCUT2D eigenvalue weighted by molar-refractivity contribution is 5.84. The third kappa shape index (κ3) is 5.08. The minimum absolute atomic E-state index is 0.113. The zero-order valence-electron chi connectivity index (χ0n) is 21.7. The van der Waals surface area contributed by atoms with Crippen LogP contribution in [0.25, 0.3) is 5.70 Å². The molecule has 198 valence electrons. The third-order valence-corrected chi connectivity index (χ3v) is 6.83. The molecule has 1 atom stereocenters. The fourth-order valence-electron chi connectivity index (χ4n) is 5.12. The van der Waals surface area contributed by atoms with E-state index < -0.39 is 0 Å². The number of anilines is 2. The summed E-state index contributed by atoms with van der Waals surface area (Å²) in [4.78, 5) is 31.1.